The van der Waals surface area contributed by atoms with Crippen LogP contribution in [0.25, 0.3) is 0 Å². The number of rotatable bonds is 4. The molecule has 8 heteroatoms. The van der Waals surface area contributed by atoms with Crippen LogP contribution in [0, 0.1) is 0 Å². The highest BCUT2D eigenvalue weighted by molar-refractivity contribution is 7.91. The summed E-state index contributed by atoms with van der Waals surface area (Å²) in [6.45, 7) is 0. The highest BCUT2D eigenvalue weighted by Gasteiger charge is 2.42. The second-order valence-electron chi connectivity index (χ2n) is 4.82. The van der Waals surface area contributed by atoms with Crippen molar-refractivity contribution in [3.8, 4) is 0 Å². The molecule has 5 nitrogen and oxygen atoms in total. The molecule has 3 unspecified atom stereocenters. The van der Waals surface area contributed by atoms with Gasteiger partial charge in [0, 0.05) is 0 Å². The molecule has 2 bridgehead atoms. The zero-order valence-corrected chi connectivity index (χ0v) is 12.5. The van der Waals surface area contributed by atoms with E-state index in [0.29, 0.717) is 4.88 Å². The molecular weight excluding hydrogens is 304 g/mol. The summed E-state index contributed by atoms with van der Waals surface area (Å²) in [4.78, 5) is 0.828. The lowest BCUT2D eigenvalue weighted by Crippen LogP contribution is -2.41. The molecule has 19 heavy (non-hydrogen) atoms. The van der Waals surface area contributed by atoms with Gasteiger partial charge in [-0.1, -0.05) is 12.2 Å². The standard InChI is InChI=1S/C11H14N2O3S3/c12-11(17)9-3-4-10(18-9)19(14,15)13-7-5-6-1-2-8(7)16-6/h3-4,6-8,13H,1-2,5H2,(H2,12,17). The molecule has 2 saturated heterocycles. The molecular formula is C11H14N2O3S3. The van der Waals surface area contributed by atoms with Crippen LogP contribution in [-0.2, 0) is 14.8 Å². The Balaban J connectivity index is 1.77. The highest BCUT2D eigenvalue weighted by Crippen LogP contribution is 2.35. The van der Waals surface area contributed by atoms with Crippen molar-refractivity contribution in [3.05, 3.63) is 17.0 Å². The topological polar surface area (TPSA) is 81.4 Å². The summed E-state index contributed by atoms with van der Waals surface area (Å²) in [7, 11) is -3.51. The number of hydrogen-bond donors (Lipinski definition) is 2. The van der Waals surface area contributed by atoms with Gasteiger partial charge in [0.05, 0.1) is 23.1 Å². The first-order valence-corrected chi connectivity index (χ1v) is 8.74. The molecule has 3 heterocycles. The fourth-order valence-electron chi connectivity index (χ4n) is 2.62. The van der Waals surface area contributed by atoms with E-state index < -0.39 is 10.0 Å². The van der Waals surface area contributed by atoms with Crippen LogP contribution >= 0.6 is 23.6 Å². The molecule has 3 atom stereocenters. The Morgan fingerprint density at radius 1 is 1.47 bits per heavy atom. The lowest BCUT2D eigenvalue weighted by atomic mass is 9.96. The highest BCUT2D eigenvalue weighted by atomic mass is 32.2. The fraction of sp³-hybridized carbons (Fsp3) is 0.545. The monoisotopic (exact) mass is 318 g/mol. The molecule has 0 amide bonds. The van der Waals surface area contributed by atoms with Crippen LogP contribution in [0.15, 0.2) is 16.3 Å². The number of thiocarbonyl (C=S) groups is 1. The van der Waals surface area contributed by atoms with Gasteiger partial charge < -0.3 is 10.5 Å². The molecule has 2 aliphatic heterocycles. The van der Waals surface area contributed by atoms with Gasteiger partial charge in [-0.05, 0) is 31.4 Å². The van der Waals surface area contributed by atoms with Crippen molar-refractivity contribution in [2.45, 2.75) is 41.7 Å². The Kier molecular flexibility index (Phi) is 3.38. The minimum Gasteiger partial charge on any atom is -0.389 e. The van der Waals surface area contributed by atoms with E-state index in [1.54, 1.807) is 6.07 Å². The Labute approximate surface area is 121 Å². The molecule has 0 aliphatic carbocycles. The van der Waals surface area contributed by atoms with Gasteiger partial charge in [0.2, 0.25) is 10.0 Å². The molecule has 104 valence electrons. The number of fused-ring (bicyclic) bond motifs is 2. The van der Waals surface area contributed by atoms with Crippen molar-refractivity contribution in [1.82, 2.24) is 4.72 Å². The maximum atomic E-state index is 12.3. The van der Waals surface area contributed by atoms with Crippen LogP contribution < -0.4 is 10.5 Å². The van der Waals surface area contributed by atoms with Crippen molar-refractivity contribution in [2.24, 2.45) is 5.73 Å². The molecule has 0 aromatic carbocycles. The van der Waals surface area contributed by atoms with E-state index in [2.05, 4.69) is 4.72 Å². The van der Waals surface area contributed by atoms with Crippen LogP contribution in [0.2, 0.25) is 0 Å². The summed E-state index contributed by atoms with van der Waals surface area (Å²) in [5, 5.41) is 0. The summed E-state index contributed by atoms with van der Waals surface area (Å²) >= 11 is 5.93. The maximum absolute atomic E-state index is 12.3. The average Bonchev–Trinajstić information content (AvgIpc) is 3.04. The number of thiophene rings is 1. The smallest absolute Gasteiger partial charge is 0.250 e. The molecule has 1 aromatic rings. The van der Waals surface area contributed by atoms with Gasteiger partial charge >= 0.3 is 0 Å². The van der Waals surface area contributed by atoms with Gasteiger partial charge in [-0.25, -0.2) is 13.1 Å². The molecule has 1 aromatic heterocycles. The zero-order valence-electron chi connectivity index (χ0n) is 10.0. The van der Waals surface area contributed by atoms with Crippen LogP contribution in [0.5, 0.6) is 0 Å². The van der Waals surface area contributed by atoms with Crippen LogP contribution in [0.1, 0.15) is 24.1 Å². The number of hydrogen-bond acceptors (Lipinski definition) is 5. The Hall–Kier alpha value is -0.540. The van der Waals surface area contributed by atoms with E-state index in [1.165, 1.54) is 6.07 Å². The zero-order chi connectivity index (χ0) is 13.6. The first kappa shape index (κ1) is 13.4. The molecule has 3 rings (SSSR count). The number of sulfonamides is 1. The second kappa shape index (κ2) is 4.78. The van der Waals surface area contributed by atoms with E-state index in [-0.39, 0.29) is 27.4 Å². The summed E-state index contributed by atoms with van der Waals surface area (Å²) < 4.78 is 33.1. The largest absolute Gasteiger partial charge is 0.389 e. The van der Waals surface area contributed by atoms with Crippen molar-refractivity contribution < 1.29 is 13.2 Å². The van der Waals surface area contributed by atoms with Gasteiger partial charge in [0.1, 0.15) is 9.20 Å². The number of nitrogens with one attached hydrogen (secondary N) is 1. The van der Waals surface area contributed by atoms with Crippen molar-refractivity contribution in [1.29, 1.82) is 0 Å². The van der Waals surface area contributed by atoms with Gasteiger partial charge in [-0.2, -0.15) is 0 Å². The van der Waals surface area contributed by atoms with Crippen molar-refractivity contribution in [2.75, 3.05) is 0 Å². The molecule has 2 fully saturated rings. The summed E-state index contributed by atoms with van der Waals surface area (Å²) in [6, 6.07) is 3.06. The van der Waals surface area contributed by atoms with Gasteiger partial charge in [-0.3, -0.25) is 0 Å². The first-order valence-electron chi connectivity index (χ1n) is 6.03. The molecule has 0 saturated carbocycles. The lowest BCUT2D eigenvalue weighted by molar-refractivity contribution is 0.0996. The SMILES string of the molecule is NC(=S)c1ccc(S(=O)(=O)NC2CC3CCC2O3)s1. The summed E-state index contributed by atoms with van der Waals surface area (Å²) in [5.74, 6) is 0. The Bertz CT molecular complexity index is 610. The number of ether oxygens (including phenoxy) is 1. The molecule has 0 radical (unpaired) electrons. The first-order chi connectivity index (χ1) is 8.95. The maximum Gasteiger partial charge on any atom is 0.250 e. The molecule has 0 spiro atoms. The predicted octanol–water partition coefficient (Wildman–Crippen LogP) is 0.980. The minimum atomic E-state index is -3.51. The van der Waals surface area contributed by atoms with Gasteiger partial charge in [0.15, 0.2) is 0 Å². The van der Waals surface area contributed by atoms with Crippen LogP contribution in [-0.4, -0.2) is 31.7 Å². The van der Waals surface area contributed by atoms with Crippen molar-refractivity contribution >= 4 is 38.6 Å². The Morgan fingerprint density at radius 2 is 2.26 bits per heavy atom. The molecule has 3 N–H and O–H groups in total. The van der Waals surface area contributed by atoms with Gasteiger partial charge in [0.25, 0.3) is 0 Å². The summed E-state index contributed by atoms with van der Waals surface area (Å²) in [5.41, 5.74) is 5.49. The Morgan fingerprint density at radius 3 is 2.79 bits per heavy atom. The third kappa shape index (κ3) is 2.55. The van der Waals surface area contributed by atoms with E-state index in [4.69, 9.17) is 22.7 Å². The summed E-state index contributed by atoms with van der Waals surface area (Å²) in [6.07, 6.45) is 2.97. The van der Waals surface area contributed by atoms with Crippen LogP contribution in [0.3, 0.4) is 0 Å². The quantitative estimate of drug-likeness (QED) is 0.809. The van der Waals surface area contributed by atoms with Crippen LogP contribution in [0.4, 0.5) is 0 Å². The third-order valence-corrected chi connectivity index (χ3v) is 6.95. The third-order valence-electron chi connectivity index (χ3n) is 3.50. The van der Waals surface area contributed by atoms with E-state index in [0.717, 1.165) is 30.6 Å². The predicted molar refractivity (Wildman–Crippen MR) is 76.8 cm³/mol. The van der Waals surface area contributed by atoms with E-state index in [1.807, 2.05) is 0 Å². The number of nitrogens with two attached hydrogens (primary N) is 1. The van der Waals surface area contributed by atoms with E-state index >= 15 is 0 Å². The average molecular weight is 318 g/mol. The normalized spacial score (nSPS) is 29.8. The minimum absolute atomic E-state index is 0.0230. The fourth-order valence-corrected chi connectivity index (χ4v) is 5.26. The van der Waals surface area contributed by atoms with Crippen molar-refractivity contribution in [3.63, 3.8) is 0 Å². The molecule has 2 aliphatic rings. The lowest BCUT2D eigenvalue weighted by Gasteiger charge is -2.19. The van der Waals surface area contributed by atoms with E-state index in [9.17, 15) is 8.42 Å². The second-order valence-corrected chi connectivity index (χ2v) is 8.28. The van der Waals surface area contributed by atoms with Gasteiger partial charge in [-0.15, -0.1) is 11.3 Å².